The number of halogens is 3. The minimum Gasteiger partial charge on any atom is -0.355 e. The Labute approximate surface area is 148 Å². The minimum atomic E-state index is -4.44. The third-order valence-corrected chi connectivity index (χ3v) is 5.30. The maximum Gasteiger partial charge on any atom is 0.419 e. The quantitative estimate of drug-likeness (QED) is 0.897. The molecule has 0 spiro atoms. The van der Waals surface area contributed by atoms with Gasteiger partial charge in [0.15, 0.2) is 5.82 Å². The van der Waals surface area contributed by atoms with Crippen LogP contribution in [-0.4, -0.2) is 28.2 Å². The number of alkyl halides is 3. The first-order valence-electron chi connectivity index (χ1n) is 8.77. The molecule has 0 radical (unpaired) electrons. The van der Waals surface area contributed by atoms with E-state index in [0.717, 1.165) is 38.2 Å². The molecule has 4 rings (SSSR count). The zero-order valence-corrected chi connectivity index (χ0v) is 14.2. The molecule has 140 valence electrons. The summed E-state index contributed by atoms with van der Waals surface area (Å²) in [4.78, 5) is 10.1. The zero-order valence-electron chi connectivity index (χ0n) is 14.2. The number of hydrogen-bond donors (Lipinski definition) is 1. The number of rotatable bonds is 3. The predicted molar refractivity (Wildman–Crippen MR) is 87.4 cm³/mol. The molecule has 0 amide bonds. The molecule has 0 bridgehead atoms. The van der Waals surface area contributed by atoms with Crippen molar-refractivity contribution in [2.45, 2.75) is 49.7 Å². The second kappa shape index (κ2) is 6.22. The standard InChI is InChI=1S/C17H20F3N5O/c18-17(19,20)12-5-1-8-22-13(12)25-9-2-4-11(10-25)14-23-15(24-26-14)16(21)6-3-7-16/h1,5,8,11H,2-4,6-7,9-10,21H2. The number of nitrogens with zero attached hydrogens (tertiary/aromatic N) is 4. The van der Waals surface area contributed by atoms with Crippen LogP contribution in [-0.2, 0) is 11.7 Å². The normalized spacial score (nSPS) is 22.9. The van der Waals surface area contributed by atoms with Crippen molar-refractivity contribution in [3.8, 4) is 0 Å². The molecule has 26 heavy (non-hydrogen) atoms. The largest absolute Gasteiger partial charge is 0.419 e. The Morgan fingerprint density at radius 1 is 1.27 bits per heavy atom. The molecule has 1 saturated carbocycles. The van der Waals surface area contributed by atoms with Crippen LogP contribution >= 0.6 is 0 Å². The number of aromatic nitrogens is 3. The fourth-order valence-electron chi connectivity index (χ4n) is 3.63. The van der Waals surface area contributed by atoms with Crippen molar-refractivity contribution in [3.05, 3.63) is 35.6 Å². The van der Waals surface area contributed by atoms with Gasteiger partial charge in [-0.25, -0.2) is 4.98 Å². The lowest BCUT2D eigenvalue weighted by molar-refractivity contribution is -0.137. The van der Waals surface area contributed by atoms with Gasteiger partial charge in [-0.3, -0.25) is 0 Å². The molecule has 1 unspecified atom stereocenters. The Morgan fingerprint density at radius 3 is 2.77 bits per heavy atom. The average Bonchev–Trinajstić information content (AvgIpc) is 3.09. The van der Waals surface area contributed by atoms with E-state index in [-0.39, 0.29) is 11.7 Å². The topological polar surface area (TPSA) is 81.1 Å². The Balaban J connectivity index is 1.56. The third kappa shape index (κ3) is 3.04. The van der Waals surface area contributed by atoms with Crippen molar-refractivity contribution >= 4 is 5.82 Å². The van der Waals surface area contributed by atoms with Gasteiger partial charge in [0.1, 0.15) is 5.82 Å². The summed E-state index contributed by atoms with van der Waals surface area (Å²) in [6, 6.07) is 2.36. The van der Waals surface area contributed by atoms with Crippen molar-refractivity contribution in [3.63, 3.8) is 0 Å². The summed E-state index contributed by atoms with van der Waals surface area (Å²) in [5.41, 5.74) is 4.99. The zero-order chi connectivity index (χ0) is 18.4. The number of nitrogens with two attached hydrogens (primary N) is 1. The molecule has 2 fully saturated rings. The second-order valence-corrected chi connectivity index (χ2v) is 7.12. The smallest absolute Gasteiger partial charge is 0.355 e. The van der Waals surface area contributed by atoms with Crippen molar-refractivity contribution in [1.29, 1.82) is 0 Å². The van der Waals surface area contributed by atoms with Crippen LogP contribution in [0, 0.1) is 0 Å². The third-order valence-electron chi connectivity index (χ3n) is 5.30. The summed E-state index contributed by atoms with van der Waals surface area (Å²) in [5.74, 6) is 0.783. The van der Waals surface area contributed by atoms with Crippen LogP contribution in [0.15, 0.2) is 22.9 Å². The monoisotopic (exact) mass is 367 g/mol. The molecule has 1 aliphatic carbocycles. The van der Waals surface area contributed by atoms with Crippen molar-refractivity contribution in [2.24, 2.45) is 5.73 Å². The minimum absolute atomic E-state index is 0.0428. The van der Waals surface area contributed by atoms with Gasteiger partial charge in [0.25, 0.3) is 0 Å². The van der Waals surface area contributed by atoms with Crippen LogP contribution in [0.2, 0.25) is 0 Å². The average molecular weight is 367 g/mol. The van der Waals surface area contributed by atoms with E-state index in [0.29, 0.717) is 24.8 Å². The van der Waals surface area contributed by atoms with E-state index in [9.17, 15) is 13.2 Å². The van der Waals surface area contributed by atoms with E-state index in [4.69, 9.17) is 10.3 Å². The van der Waals surface area contributed by atoms with Crippen molar-refractivity contribution in [1.82, 2.24) is 15.1 Å². The first-order valence-corrected chi connectivity index (χ1v) is 8.77. The van der Waals surface area contributed by atoms with Crippen LogP contribution in [0.3, 0.4) is 0 Å². The van der Waals surface area contributed by atoms with Gasteiger partial charge in [-0.2, -0.15) is 18.2 Å². The van der Waals surface area contributed by atoms with Crippen LogP contribution < -0.4 is 10.6 Å². The number of piperidine rings is 1. The van der Waals surface area contributed by atoms with E-state index in [1.54, 1.807) is 4.90 Å². The van der Waals surface area contributed by atoms with Gasteiger partial charge in [-0.05, 0) is 44.2 Å². The van der Waals surface area contributed by atoms with E-state index < -0.39 is 17.3 Å². The Bertz CT molecular complexity index is 787. The highest BCUT2D eigenvalue weighted by Crippen LogP contribution is 2.39. The van der Waals surface area contributed by atoms with Crippen LogP contribution in [0.1, 0.15) is 55.3 Å². The van der Waals surface area contributed by atoms with E-state index in [2.05, 4.69) is 15.1 Å². The lowest BCUT2D eigenvalue weighted by Crippen LogP contribution is -2.44. The molecule has 2 aliphatic rings. The summed E-state index contributed by atoms with van der Waals surface area (Å²) in [5, 5.41) is 4.01. The molecule has 6 nitrogen and oxygen atoms in total. The van der Waals surface area contributed by atoms with E-state index in [1.807, 2.05) is 0 Å². The van der Waals surface area contributed by atoms with Crippen LogP contribution in [0.4, 0.5) is 19.0 Å². The van der Waals surface area contributed by atoms with Gasteiger partial charge >= 0.3 is 6.18 Å². The summed E-state index contributed by atoms with van der Waals surface area (Å²) >= 11 is 0. The predicted octanol–water partition coefficient (Wildman–Crippen LogP) is 3.21. The molecule has 9 heteroatoms. The molecule has 0 aromatic carbocycles. The maximum atomic E-state index is 13.3. The van der Waals surface area contributed by atoms with Gasteiger partial charge in [-0.1, -0.05) is 5.16 Å². The molecule has 2 aromatic heterocycles. The molecule has 2 N–H and O–H groups in total. The molecular weight excluding hydrogens is 347 g/mol. The van der Waals surface area contributed by atoms with Crippen LogP contribution in [0.25, 0.3) is 0 Å². The van der Waals surface area contributed by atoms with Gasteiger partial charge in [-0.15, -0.1) is 0 Å². The summed E-state index contributed by atoms with van der Waals surface area (Å²) in [6.07, 6.45) is 1.14. The van der Waals surface area contributed by atoms with Crippen molar-refractivity contribution in [2.75, 3.05) is 18.0 Å². The number of hydrogen-bond acceptors (Lipinski definition) is 6. The molecule has 1 aliphatic heterocycles. The highest BCUT2D eigenvalue weighted by Gasteiger charge is 2.40. The first-order chi connectivity index (χ1) is 12.4. The Morgan fingerprint density at radius 2 is 2.08 bits per heavy atom. The lowest BCUT2D eigenvalue weighted by Gasteiger charge is -2.34. The second-order valence-electron chi connectivity index (χ2n) is 7.12. The first kappa shape index (κ1) is 17.3. The molecule has 1 saturated heterocycles. The summed E-state index contributed by atoms with van der Waals surface area (Å²) < 4.78 is 45.2. The molecule has 1 atom stereocenters. The summed E-state index contributed by atoms with van der Waals surface area (Å²) in [7, 11) is 0. The van der Waals surface area contributed by atoms with Gasteiger partial charge < -0.3 is 15.2 Å². The fraction of sp³-hybridized carbons (Fsp3) is 0.588. The number of pyridine rings is 1. The van der Waals surface area contributed by atoms with E-state index in [1.165, 1.54) is 12.3 Å². The van der Waals surface area contributed by atoms with Gasteiger partial charge in [0, 0.05) is 19.3 Å². The summed E-state index contributed by atoms with van der Waals surface area (Å²) in [6.45, 7) is 0.873. The maximum absolute atomic E-state index is 13.3. The number of anilines is 1. The molecular formula is C17H20F3N5O. The Hall–Kier alpha value is -2.16. The van der Waals surface area contributed by atoms with Gasteiger partial charge in [0.05, 0.1) is 17.0 Å². The van der Waals surface area contributed by atoms with Crippen molar-refractivity contribution < 1.29 is 17.7 Å². The van der Waals surface area contributed by atoms with Crippen LogP contribution in [0.5, 0.6) is 0 Å². The highest BCUT2D eigenvalue weighted by molar-refractivity contribution is 5.49. The molecule has 2 aromatic rings. The Kier molecular flexibility index (Phi) is 4.13. The molecule has 3 heterocycles. The lowest BCUT2D eigenvalue weighted by atomic mass is 9.77. The van der Waals surface area contributed by atoms with E-state index >= 15 is 0 Å². The van der Waals surface area contributed by atoms with Gasteiger partial charge in [0.2, 0.25) is 5.89 Å². The fourth-order valence-corrected chi connectivity index (χ4v) is 3.63. The SMILES string of the molecule is NC1(c2noc(C3CCCN(c4ncccc4C(F)(F)F)C3)n2)CCC1. The highest BCUT2D eigenvalue weighted by atomic mass is 19.4.